The highest BCUT2D eigenvalue weighted by Crippen LogP contribution is 2.43. The predicted octanol–water partition coefficient (Wildman–Crippen LogP) is 4.95. The number of benzene rings is 1. The van der Waals surface area contributed by atoms with Crippen molar-refractivity contribution in [3.63, 3.8) is 0 Å². The standard InChI is InChI=1S/C19H31NO/c1-15(2)13-19(11-7-8-12-19)14-20-16(3)17-9-5-6-10-18(17)21-4/h5-6,9-10,15-16,20H,7-8,11-14H2,1-4H3. The van der Waals surface area contributed by atoms with Gasteiger partial charge in [0.05, 0.1) is 7.11 Å². The molecule has 118 valence electrons. The number of ether oxygens (including phenoxy) is 1. The number of methoxy groups -OCH3 is 1. The number of rotatable bonds is 7. The van der Waals surface area contributed by atoms with Gasteiger partial charge in [-0.25, -0.2) is 0 Å². The molecule has 1 saturated carbocycles. The van der Waals surface area contributed by atoms with Crippen molar-refractivity contribution in [3.05, 3.63) is 29.8 Å². The van der Waals surface area contributed by atoms with E-state index >= 15 is 0 Å². The van der Waals surface area contributed by atoms with Gasteiger partial charge in [0.15, 0.2) is 0 Å². The number of hydrogen-bond donors (Lipinski definition) is 1. The van der Waals surface area contributed by atoms with Gasteiger partial charge in [-0.15, -0.1) is 0 Å². The highest BCUT2D eigenvalue weighted by atomic mass is 16.5. The van der Waals surface area contributed by atoms with Crippen LogP contribution in [-0.4, -0.2) is 13.7 Å². The van der Waals surface area contributed by atoms with E-state index in [1.54, 1.807) is 7.11 Å². The van der Waals surface area contributed by atoms with Gasteiger partial charge in [0.25, 0.3) is 0 Å². The highest BCUT2D eigenvalue weighted by molar-refractivity contribution is 5.35. The zero-order chi connectivity index (χ0) is 15.3. The Labute approximate surface area is 130 Å². The van der Waals surface area contributed by atoms with Crippen LogP contribution in [0.25, 0.3) is 0 Å². The maximum Gasteiger partial charge on any atom is 0.123 e. The largest absolute Gasteiger partial charge is 0.496 e. The summed E-state index contributed by atoms with van der Waals surface area (Å²) in [4.78, 5) is 0. The molecule has 0 radical (unpaired) electrons. The average molecular weight is 289 g/mol. The summed E-state index contributed by atoms with van der Waals surface area (Å²) in [5.74, 6) is 1.77. The lowest BCUT2D eigenvalue weighted by Crippen LogP contribution is -2.34. The zero-order valence-corrected chi connectivity index (χ0v) is 14.1. The van der Waals surface area contributed by atoms with Crippen LogP contribution in [0, 0.1) is 11.3 Å². The molecule has 0 saturated heterocycles. The normalized spacial score (nSPS) is 18.9. The number of hydrogen-bond acceptors (Lipinski definition) is 2. The van der Waals surface area contributed by atoms with Crippen LogP contribution < -0.4 is 10.1 Å². The first kappa shape index (κ1) is 16.4. The van der Waals surface area contributed by atoms with Gasteiger partial charge < -0.3 is 10.1 Å². The van der Waals surface area contributed by atoms with Crippen molar-refractivity contribution < 1.29 is 4.74 Å². The lowest BCUT2D eigenvalue weighted by molar-refractivity contribution is 0.216. The molecular weight excluding hydrogens is 258 g/mol. The van der Waals surface area contributed by atoms with E-state index in [9.17, 15) is 0 Å². The Bertz CT molecular complexity index is 435. The summed E-state index contributed by atoms with van der Waals surface area (Å²) in [6.45, 7) is 8.08. The summed E-state index contributed by atoms with van der Waals surface area (Å²) >= 11 is 0. The molecule has 1 fully saturated rings. The molecule has 21 heavy (non-hydrogen) atoms. The van der Waals surface area contributed by atoms with Crippen molar-refractivity contribution in [2.24, 2.45) is 11.3 Å². The van der Waals surface area contributed by atoms with Gasteiger partial charge in [-0.05, 0) is 43.6 Å². The van der Waals surface area contributed by atoms with E-state index in [2.05, 4.69) is 38.2 Å². The molecule has 0 aromatic heterocycles. The van der Waals surface area contributed by atoms with E-state index in [4.69, 9.17) is 4.74 Å². The molecule has 1 unspecified atom stereocenters. The van der Waals surface area contributed by atoms with Gasteiger partial charge in [-0.3, -0.25) is 0 Å². The first-order chi connectivity index (χ1) is 10.1. The van der Waals surface area contributed by atoms with E-state index in [1.165, 1.54) is 37.7 Å². The molecule has 0 aliphatic heterocycles. The minimum atomic E-state index is 0.339. The third-order valence-corrected chi connectivity index (χ3v) is 4.89. The molecule has 0 spiro atoms. The first-order valence-electron chi connectivity index (χ1n) is 8.43. The lowest BCUT2D eigenvalue weighted by Gasteiger charge is -2.33. The van der Waals surface area contributed by atoms with Crippen LogP contribution in [0.4, 0.5) is 0 Å². The maximum absolute atomic E-state index is 5.49. The molecule has 1 atom stereocenters. The highest BCUT2D eigenvalue weighted by Gasteiger charge is 2.34. The van der Waals surface area contributed by atoms with E-state index in [0.29, 0.717) is 11.5 Å². The molecule has 2 nitrogen and oxygen atoms in total. The third-order valence-electron chi connectivity index (χ3n) is 4.89. The van der Waals surface area contributed by atoms with Gasteiger partial charge in [0, 0.05) is 18.2 Å². The van der Waals surface area contributed by atoms with Crippen molar-refractivity contribution in [2.75, 3.05) is 13.7 Å². The molecule has 1 aliphatic rings. The Balaban J connectivity index is 2.00. The van der Waals surface area contributed by atoms with E-state index in [0.717, 1.165) is 18.2 Å². The topological polar surface area (TPSA) is 21.3 Å². The van der Waals surface area contributed by atoms with Crippen LogP contribution in [0.1, 0.15) is 64.5 Å². The monoisotopic (exact) mass is 289 g/mol. The van der Waals surface area contributed by atoms with Crippen LogP contribution in [0.15, 0.2) is 24.3 Å². The fourth-order valence-electron chi connectivity index (χ4n) is 3.95. The fourth-order valence-corrected chi connectivity index (χ4v) is 3.95. The molecule has 2 rings (SSSR count). The minimum absolute atomic E-state index is 0.339. The SMILES string of the molecule is COc1ccccc1C(C)NCC1(CC(C)C)CCCC1. The third kappa shape index (κ3) is 4.23. The minimum Gasteiger partial charge on any atom is -0.496 e. The van der Waals surface area contributed by atoms with Crippen molar-refractivity contribution in [2.45, 2.75) is 58.9 Å². The first-order valence-corrected chi connectivity index (χ1v) is 8.43. The van der Waals surface area contributed by atoms with E-state index in [-0.39, 0.29) is 0 Å². The van der Waals surface area contributed by atoms with Gasteiger partial charge in [0.1, 0.15) is 5.75 Å². The Morgan fingerprint density at radius 3 is 2.43 bits per heavy atom. The Hall–Kier alpha value is -1.02. The van der Waals surface area contributed by atoms with Crippen LogP contribution in [0.5, 0.6) is 5.75 Å². The summed E-state index contributed by atoms with van der Waals surface area (Å²) < 4.78 is 5.49. The summed E-state index contributed by atoms with van der Waals surface area (Å²) in [6.07, 6.45) is 6.92. The average Bonchev–Trinajstić information content (AvgIpc) is 2.92. The molecule has 1 N–H and O–H groups in total. The Morgan fingerprint density at radius 1 is 1.14 bits per heavy atom. The quantitative estimate of drug-likeness (QED) is 0.766. The summed E-state index contributed by atoms with van der Waals surface area (Å²) in [6, 6.07) is 8.68. The second kappa shape index (κ2) is 7.31. The molecule has 0 heterocycles. The fraction of sp³-hybridized carbons (Fsp3) is 0.684. The van der Waals surface area contributed by atoms with Gasteiger partial charge in [-0.1, -0.05) is 44.9 Å². The van der Waals surface area contributed by atoms with Gasteiger partial charge in [0.2, 0.25) is 0 Å². The number of para-hydroxylation sites is 1. The van der Waals surface area contributed by atoms with Gasteiger partial charge >= 0.3 is 0 Å². The Kier molecular flexibility index (Phi) is 5.69. The van der Waals surface area contributed by atoms with Crippen LogP contribution in [-0.2, 0) is 0 Å². The van der Waals surface area contributed by atoms with Crippen molar-refractivity contribution in [3.8, 4) is 5.75 Å². The van der Waals surface area contributed by atoms with Crippen LogP contribution >= 0.6 is 0 Å². The summed E-state index contributed by atoms with van der Waals surface area (Å²) in [7, 11) is 1.75. The van der Waals surface area contributed by atoms with E-state index < -0.39 is 0 Å². The molecule has 1 aromatic carbocycles. The zero-order valence-electron chi connectivity index (χ0n) is 14.1. The van der Waals surface area contributed by atoms with Crippen molar-refractivity contribution in [1.82, 2.24) is 5.32 Å². The summed E-state index contributed by atoms with van der Waals surface area (Å²) in [5, 5.41) is 3.78. The molecule has 0 amide bonds. The number of nitrogens with one attached hydrogen (secondary N) is 1. The second-order valence-corrected chi connectivity index (χ2v) is 7.15. The second-order valence-electron chi connectivity index (χ2n) is 7.15. The maximum atomic E-state index is 5.49. The van der Waals surface area contributed by atoms with Crippen LogP contribution in [0.2, 0.25) is 0 Å². The van der Waals surface area contributed by atoms with Crippen molar-refractivity contribution >= 4 is 0 Å². The predicted molar refractivity (Wildman–Crippen MR) is 89.8 cm³/mol. The molecule has 0 bridgehead atoms. The van der Waals surface area contributed by atoms with Crippen molar-refractivity contribution in [1.29, 1.82) is 0 Å². The summed E-state index contributed by atoms with van der Waals surface area (Å²) in [5.41, 5.74) is 1.78. The van der Waals surface area contributed by atoms with Crippen LogP contribution in [0.3, 0.4) is 0 Å². The Morgan fingerprint density at radius 2 is 1.81 bits per heavy atom. The molecule has 1 aromatic rings. The molecular formula is C19H31NO. The lowest BCUT2D eigenvalue weighted by atomic mass is 9.78. The van der Waals surface area contributed by atoms with E-state index in [1.807, 2.05) is 12.1 Å². The van der Waals surface area contributed by atoms with Gasteiger partial charge in [-0.2, -0.15) is 0 Å². The smallest absolute Gasteiger partial charge is 0.123 e. The molecule has 1 aliphatic carbocycles. The molecule has 2 heteroatoms.